The monoisotopic (exact) mass is 295 g/mol. The van der Waals surface area contributed by atoms with Gasteiger partial charge in [-0.1, -0.05) is 29.4 Å². The molecule has 2 aromatic rings. The molecule has 0 saturated heterocycles. The number of benzene rings is 1. The SMILES string of the molecule is COc1cccc(Sc2ncccc2Cl)c1C(C)O. The van der Waals surface area contributed by atoms with Gasteiger partial charge in [0.2, 0.25) is 0 Å². The normalized spacial score (nSPS) is 12.2. The molecule has 1 N–H and O–H groups in total. The standard InChI is InChI=1S/C14H14ClNO2S/c1-9(17)13-11(18-2)6-3-7-12(13)19-14-10(15)5-4-8-16-14/h3-9,17H,1-2H3. The number of aliphatic hydroxyl groups excluding tert-OH is 1. The Morgan fingerprint density at radius 1 is 1.32 bits per heavy atom. The van der Waals surface area contributed by atoms with Crippen molar-refractivity contribution in [2.45, 2.75) is 22.9 Å². The van der Waals surface area contributed by atoms with E-state index >= 15 is 0 Å². The average Bonchev–Trinajstić information content (AvgIpc) is 2.40. The molecule has 3 nitrogen and oxygen atoms in total. The molecule has 0 radical (unpaired) electrons. The molecule has 1 aromatic heterocycles. The van der Waals surface area contributed by atoms with Crippen molar-refractivity contribution in [1.82, 2.24) is 4.98 Å². The summed E-state index contributed by atoms with van der Waals surface area (Å²) in [4.78, 5) is 5.12. The summed E-state index contributed by atoms with van der Waals surface area (Å²) in [6.07, 6.45) is 1.07. The second-order valence-corrected chi connectivity index (χ2v) is 5.38. The van der Waals surface area contributed by atoms with Gasteiger partial charge in [-0.05, 0) is 31.2 Å². The molecule has 5 heteroatoms. The predicted octanol–water partition coefficient (Wildman–Crippen LogP) is 3.95. The summed E-state index contributed by atoms with van der Waals surface area (Å²) >= 11 is 7.52. The molecular weight excluding hydrogens is 282 g/mol. The van der Waals surface area contributed by atoms with Gasteiger partial charge in [-0.3, -0.25) is 0 Å². The number of pyridine rings is 1. The van der Waals surface area contributed by atoms with Crippen LogP contribution < -0.4 is 4.74 Å². The van der Waals surface area contributed by atoms with Gasteiger partial charge < -0.3 is 9.84 Å². The van der Waals surface area contributed by atoms with Crippen LogP contribution in [0.5, 0.6) is 5.75 Å². The summed E-state index contributed by atoms with van der Waals surface area (Å²) in [6, 6.07) is 9.20. The lowest BCUT2D eigenvalue weighted by Crippen LogP contribution is -1.99. The van der Waals surface area contributed by atoms with E-state index in [1.807, 2.05) is 18.2 Å². The topological polar surface area (TPSA) is 42.4 Å². The molecule has 0 aliphatic heterocycles. The lowest BCUT2D eigenvalue weighted by molar-refractivity contribution is 0.191. The van der Waals surface area contributed by atoms with Gasteiger partial charge in [0, 0.05) is 16.7 Å². The minimum absolute atomic E-state index is 0.590. The fraction of sp³-hybridized carbons (Fsp3) is 0.214. The van der Waals surface area contributed by atoms with Crippen LogP contribution in [-0.4, -0.2) is 17.2 Å². The Kier molecular flexibility index (Phi) is 4.69. The molecule has 1 heterocycles. The number of nitrogens with zero attached hydrogens (tertiary/aromatic N) is 1. The number of rotatable bonds is 4. The fourth-order valence-corrected chi connectivity index (χ4v) is 3.01. The molecule has 0 bridgehead atoms. The minimum Gasteiger partial charge on any atom is -0.496 e. The first-order valence-corrected chi connectivity index (χ1v) is 6.96. The number of hydrogen-bond acceptors (Lipinski definition) is 4. The zero-order valence-corrected chi connectivity index (χ0v) is 12.2. The Balaban J connectivity index is 2.43. The molecule has 0 aliphatic carbocycles. The molecule has 19 heavy (non-hydrogen) atoms. The highest BCUT2D eigenvalue weighted by molar-refractivity contribution is 7.99. The third-order valence-electron chi connectivity index (χ3n) is 2.60. The highest BCUT2D eigenvalue weighted by Crippen LogP contribution is 2.39. The maximum atomic E-state index is 9.92. The van der Waals surface area contributed by atoms with E-state index in [1.54, 1.807) is 32.4 Å². The van der Waals surface area contributed by atoms with E-state index in [-0.39, 0.29) is 0 Å². The van der Waals surface area contributed by atoms with Gasteiger partial charge in [-0.25, -0.2) is 4.98 Å². The second kappa shape index (κ2) is 6.28. The average molecular weight is 296 g/mol. The van der Waals surface area contributed by atoms with Crippen LogP contribution in [0.15, 0.2) is 46.5 Å². The zero-order valence-electron chi connectivity index (χ0n) is 10.6. The third kappa shape index (κ3) is 3.21. The molecule has 1 atom stereocenters. The van der Waals surface area contributed by atoms with E-state index in [0.717, 1.165) is 10.5 Å². The summed E-state index contributed by atoms with van der Waals surface area (Å²) in [5.41, 5.74) is 0.747. The number of methoxy groups -OCH3 is 1. The summed E-state index contributed by atoms with van der Waals surface area (Å²) in [5.74, 6) is 0.659. The Morgan fingerprint density at radius 3 is 2.74 bits per heavy atom. The van der Waals surface area contributed by atoms with E-state index < -0.39 is 6.10 Å². The molecule has 0 aliphatic rings. The highest BCUT2D eigenvalue weighted by atomic mass is 35.5. The van der Waals surface area contributed by atoms with Gasteiger partial charge in [0.05, 0.1) is 18.2 Å². The molecule has 1 unspecified atom stereocenters. The maximum Gasteiger partial charge on any atom is 0.125 e. The van der Waals surface area contributed by atoms with Crippen LogP contribution in [0.4, 0.5) is 0 Å². The van der Waals surface area contributed by atoms with Gasteiger partial charge >= 0.3 is 0 Å². The Morgan fingerprint density at radius 2 is 2.11 bits per heavy atom. The highest BCUT2D eigenvalue weighted by Gasteiger charge is 2.16. The van der Waals surface area contributed by atoms with Crippen molar-refractivity contribution >= 4 is 23.4 Å². The molecule has 0 amide bonds. The maximum absolute atomic E-state index is 9.92. The predicted molar refractivity (Wildman–Crippen MR) is 77.0 cm³/mol. The lowest BCUT2D eigenvalue weighted by atomic mass is 10.1. The zero-order chi connectivity index (χ0) is 13.8. The number of aromatic nitrogens is 1. The Labute approximate surface area is 121 Å². The first kappa shape index (κ1) is 14.2. The van der Waals surface area contributed by atoms with Crippen LogP contribution in [0.2, 0.25) is 5.02 Å². The summed E-state index contributed by atoms with van der Waals surface area (Å²) in [6.45, 7) is 1.71. The van der Waals surface area contributed by atoms with E-state index in [2.05, 4.69) is 4.98 Å². The minimum atomic E-state index is -0.624. The van der Waals surface area contributed by atoms with Crippen molar-refractivity contribution in [3.63, 3.8) is 0 Å². The second-order valence-electron chi connectivity index (χ2n) is 3.94. The molecule has 0 spiro atoms. The van der Waals surface area contributed by atoms with Crippen LogP contribution in [0.1, 0.15) is 18.6 Å². The largest absolute Gasteiger partial charge is 0.496 e. The Hall–Kier alpha value is -1.23. The summed E-state index contributed by atoms with van der Waals surface area (Å²) in [5, 5.41) is 11.2. The van der Waals surface area contributed by atoms with Crippen LogP contribution in [-0.2, 0) is 0 Å². The molecular formula is C14H14ClNO2S. The first-order valence-electron chi connectivity index (χ1n) is 5.76. The van der Waals surface area contributed by atoms with Crippen LogP contribution in [0.25, 0.3) is 0 Å². The molecule has 100 valence electrons. The summed E-state index contributed by atoms with van der Waals surface area (Å²) in [7, 11) is 1.59. The van der Waals surface area contributed by atoms with E-state index in [9.17, 15) is 5.11 Å². The van der Waals surface area contributed by atoms with Crippen LogP contribution in [0, 0.1) is 0 Å². The van der Waals surface area contributed by atoms with Gasteiger partial charge in [0.15, 0.2) is 0 Å². The lowest BCUT2D eigenvalue weighted by Gasteiger charge is -2.15. The van der Waals surface area contributed by atoms with Gasteiger partial charge in [-0.15, -0.1) is 0 Å². The third-order valence-corrected chi connectivity index (χ3v) is 4.11. The van der Waals surface area contributed by atoms with Crippen molar-refractivity contribution in [3.8, 4) is 5.75 Å². The fourth-order valence-electron chi connectivity index (χ4n) is 1.75. The van der Waals surface area contributed by atoms with Crippen molar-refractivity contribution in [2.75, 3.05) is 7.11 Å². The number of halogens is 1. The van der Waals surface area contributed by atoms with Gasteiger partial charge in [0.25, 0.3) is 0 Å². The number of ether oxygens (including phenoxy) is 1. The summed E-state index contributed by atoms with van der Waals surface area (Å²) < 4.78 is 5.29. The molecule has 0 saturated carbocycles. The smallest absolute Gasteiger partial charge is 0.125 e. The van der Waals surface area contributed by atoms with Crippen molar-refractivity contribution in [3.05, 3.63) is 47.1 Å². The molecule has 2 rings (SSSR count). The first-order chi connectivity index (χ1) is 9.13. The van der Waals surface area contributed by atoms with Gasteiger partial charge in [-0.2, -0.15) is 0 Å². The van der Waals surface area contributed by atoms with Crippen molar-refractivity contribution in [1.29, 1.82) is 0 Å². The molecule has 1 aromatic carbocycles. The Bertz CT molecular complexity index is 575. The molecule has 0 fully saturated rings. The van der Waals surface area contributed by atoms with E-state index in [4.69, 9.17) is 16.3 Å². The van der Waals surface area contributed by atoms with Crippen molar-refractivity contribution in [2.24, 2.45) is 0 Å². The van der Waals surface area contributed by atoms with Gasteiger partial charge in [0.1, 0.15) is 10.8 Å². The van der Waals surface area contributed by atoms with E-state index in [0.29, 0.717) is 15.8 Å². The number of hydrogen-bond donors (Lipinski definition) is 1. The number of aliphatic hydroxyl groups is 1. The van der Waals surface area contributed by atoms with Crippen LogP contribution in [0.3, 0.4) is 0 Å². The van der Waals surface area contributed by atoms with Crippen molar-refractivity contribution < 1.29 is 9.84 Å². The van der Waals surface area contributed by atoms with Crippen LogP contribution >= 0.6 is 23.4 Å². The quantitative estimate of drug-likeness (QED) is 0.927. The van der Waals surface area contributed by atoms with E-state index in [1.165, 1.54) is 11.8 Å².